The van der Waals surface area contributed by atoms with Crippen LogP contribution in [0, 0.1) is 50.7 Å². The van der Waals surface area contributed by atoms with Gasteiger partial charge in [0.1, 0.15) is 85.5 Å². The first-order chi connectivity index (χ1) is 35.0. The van der Waals surface area contributed by atoms with Gasteiger partial charge in [-0.3, -0.25) is 4.79 Å². The molecule has 8 fully saturated rings. The molecular weight excluding hydrogens is 989 g/mol. The Balaban J connectivity index is 0.986. The summed E-state index contributed by atoms with van der Waals surface area (Å²) in [6, 6.07) is 0. The van der Waals surface area contributed by atoms with Crippen molar-refractivity contribution < 1.29 is 109 Å². The predicted molar refractivity (Wildman–Crippen MR) is 257 cm³/mol. The van der Waals surface area contributed by atoms with Gasteiger partial charge in [0.05, 0.1) is 43.0 Å². The Morgan fingerprint density at radius 3 is 1.81 bits per heavy atom. The second-order valence-electron chi connectivity index (χ2n) is 25.5. The lowest BCUT2D eigenvalue weighted by Gasteiger charge is -2.72. The number of rotatable bonds is 10. The van der Waals surface area contributed by atoms with Gasteiger partial charge in [-0.15, -0.1) is 0 Å². The van der Waals surface area contributed by atoms with Gasteiger partial charge in [-0.2, -0.15) is 0 Å². The van der Waals surface area contributed by atoms with Crippen LogP contribution in [0.5, 0.6) is 0 Å². The van der Waals surface area contributed by atoms with Crippen LogP contribution in [0.3, 0.4) is 0 Å². The van der Waals surface area contributed by atoms with Crippen LogP contribution in [-0.4, -0.2) is 221 Å². The van der Waals surface area contributed by atoms with Crippen LogP contribution in [0.2, 0.25) is 0 Å². The zero-order chi connectivity index (χ0) is 54.9. The summed E-state index contributed by atoms with van der Waals surface area (Å²) in [5.41, 5.74) is -3.15. The lowest BCUT2D eigenvalue weighted by Crippen LogP contribution is -2.68. The van der Waals surface area contributed by atoms with E-state index in [0.29, 0.717) is 38.5 Å². The fraction of sp³-hybridized carbons (Fsp3) is 0.943. The molecule has 0 radical (unpaired) electrons. The highest BCUT2D eigenvalue weighted by atomic mass is 16.8. The molecule has 0 amide bonds. The van der Waals surface area contributed by atoms with Gasteiger partial charge in [-0.1, -0.05) is 53.2 Å². The van der Waals surface area contributed by atoms with Gasteiger partial charge in [0.15, 0.2) is 18.9 Å². The van der Waals surface area contributed by atoms with Gasteiger partial charge in [0.25, 0.3) is 0 Å². The van der Waals surface area contributed by atoms with Gasteiger partial charge < -0.3 is 104 Å². The monoisotopic (exact) mass is 1070 g/mol. The summed E-state index contributed by atoms with van der Waals surface area (Å²) >= 11 is 0. The Morgan fingerprint density at radius 1 is 0.613 bits per heavy atom. The van der Waals surface area contributed by atoms with Crippen LogP contribution >= 0.6 is 0 Å². The predicted octanol–water partition coefficient (Wildman–Crippen LogP) is -1.40. The summed E-state index contributed by atoms with van der Waals surface area (Å²) in [5.74, 6) is -1.31. The second-order valence-corrected chi connectivity index (χ2v) is 25.5. The van der Waals surface area contributed by atoms with E-state index in [1.165, 1.54) is 6.92 Å². The Bertz CT molecular complexity index is 2070. The summed E-state index contributed by atoms with van der Waals surface area (Å²) in [6.07, 6.45) is -22.6. The zero-order valence-corrected chi connectivity index (χ0v) is 44.4. The summed E-state index contributed by atoms with van der Waals surface area (Å²) < 4.78 is 48.8. The third-order valence-corrected chi connectivity index (χ3v) is 21.4. The number of carbonyl (C=O) groups excluding carboxylic acids is 1. The van der Waals surface area contributed by atoms with Gasteiger partial charge in [0, 0.05) is 5.92 Å². The van der Waals surface area contributed by atoms with E-state index in [4.69, 9.17) is 37.9 Å². The normalized spacial score (nSPS) is 55.8. The van der Waals surface area contributed by atoms with Crippen molar-refractivity contribution >= 4 is 5.97 Å². The minimum Gasteiger partial charge on any atom is -0.432 e. The van der Waals surface area contributed by atoms with Gasteiger partial charge in [-0.05, 0) is 111 Å². The maximum atomic E-state index is 14.8. The maximum absolute atomic E-state index is 14.8. The highest BCUT2D eigenvalue weighted by Gasteiger charge is 2.72. The van der Waals surface area contributed by atoms with Crippen molar-refractivity contribution in [3.8, 4) is 0 Å². The minimum atomic E-state index is -1.84. The maximum Gasteiger partial charge on any atom is 0.315 e. The third kappa shape index (κ3) is 9.12. The Labute approximate surface area is 437 Å². The van der Waals surface area contributed by atoms with Crippen molar-refractivity contribution in [1.82, 2.24) is 0 Å². The Morgan fingerprint density at radius 2 is 1.19 bits per heavy atom. The largest absolute Gasteiger partial charge is 0.432 e. The van der Waals surface area contributed by atoms with E-state index in [0.717, 1.165) is 24.8 Å². The van der Waals surface area contributed by atoms with Crippen LogP contribution in [0.4, 0.5) is 0 Å². The molecule has 4 saturated carbocycles. The molecular formula is C53H86O22. The first-order valence-electron chi connectivity index (χ1n) is 27.3. The van der Waals surface area contributed by atoms with Gasteiger partial charge in [-0.25, -0.2) is 0 Å². The van der Waals surface area contributed by atoms with E-state index in [2.05, 4.69) is 40.7 Å². The summed E-state index contributed by atoms with van der Waals surface area (Å²) in [6.45, 7) is 14.8. The van der Waals surface area contributed by atoms with Crippen LogP contribution < -0.4 is 0 Å². The standard InChI is InChI=1S/C53H86O22/c1-22-11-16-53(47(66)75-45-39(65)36(62)33(59)27(20-55)71-45)18-17-50(6)24(42(53)52(22,8)67)9-10-29-49(5)14-13-30(48(3,4)28(49)12-15-51(29,50)7)72-46-41(74-43-37(63)34(60)31(57)23(2)69-43)40(25(56)21-68-46)73-44-38(64)35(61)32(58)26(19-54)70-44/h9,22-23,25-46,54-65,67H,10-21H2,1-8H3/t22-,23+,25-,26-,27-,28+,29-,30+,31+,32-,33-,34-,35+,36+,37+,38-,39-,40+,41-,42-,43-,44+,45+,46+,49+,50-,51-,52-,53+/m1/s1. The SMILES string of the molecule is C[C@@H]1O[C@H](O[C@H]2[C@H](O[C@H]3CC[C@]4(C)[C@H]5CC=C6[C@H]7[C@](C(=O)O[C@@H]8O[C@H](CO)[C@@H](O)[C@H](O)[C@H]8O)(CC[C@@H](C)[C@@]7(C)O)CC[C@@]6(C)[C@]5(C)CC[C@H]4C3(C)C)OC[C@@H](O)[C@@H]2O[C@@H]2O[C@H](CO)[C@@H](O)[C@H](O)[C@H]2O)[C@@H](O)[C@H](O)[C@H]1O. The summed E-state index contributed by atoms with van der Waals surface area (Å²) in [4.78, 5) is 14.8. The van der Waals surface area contributed by atoms with E-state index >= 15 is 0 Å². The molecule has 4 heterocycles. The van der Waals surface area contributed by atoms with Crippen molar-refractivity contribution in [3.63, 3.8) is 0 Å². The molecule has 0 unspecified atom stereocenters. The average molecular weight is 1080 g/mol. The van der Waals surface area contributed by atoms with Crippen LogP contribution in [-0.2, 0) is 42.7 Å². The molecule has 0 aromatic carbocycles. The molecule has 5 aliphatic carbocycles. The van der Waals surface area contributed by atoms with E-state index < -0.39 is 170 Å². The Kier molecular flexibility index (Phi) is 16.1. The molecule has 430 valence electrons. The number of fused-ring (bicyclic) bond motifs is 7. The smallest absolute Gasteiger partial charge is 0.315 e. The molecule has 22 nitrogen and oxygen atoms in total. The Hall–Kier alpha value is -1.59. The number of esters is 1. The number of carbonyl (C=O) groups is 1. The van der Waals surface area contributed by atoms with E-state index in [1.807, 2.05) is 6.92 Å². The average Bonchev–Trinajstić information content (AvgIpc) is 3.38. The first-order valence-corrected chi connectivity index (χ1v) is 27.3. The van der Waals surface area contributed by atoms with Crippen molar-refractivity contribution in [2.75, 3.05) is 19.8 Å². The van der Waals surface area contributed by atoms with Crippen LogP contribution in [0.25, 0.3) is 0 Å². The molecule has 0 spiro atoms. The molecule has 75 heavy (non-hydrogen) atoms. The van der Waals surface area contributed by atoms with Gasteiger partial charge in [0.2, 0.25) is 6.29 Å². The highest BCUT2D eigenvalue weighted by Crippen LogP contribution is 2.76. The molecule has 0 aromatic rings. The second kappa shape index (κ2) is 20.7. The molecule has 0 bridgehead atoms. The number of aliphatic hydroxyl groups is 13. The lowest BCUT2D eigenvalue weighted by molar-refractivity contribution is -0.388. The summed E-state index contributed by atoms with van der Waals surface area (Å²) in [5, 5.41) is 140. The third-order valence-electron chi connectivity index (χ3n) is 21.4. The lowest BCUT2D eigenvalue weighted by atomic mass is 9.33. The number of hydrogen-bond donors (Lipinski definition) is 13. The summed E-state index contributed by atoms with van der Waals surface area (Å²) in [7, 11) is 0. The fourth-order valence-electron chi connectivity index (χ4n) is 16.4. The van der Waals surface area contributed by atoms with Crippen LogP contribution in [0.1, 0.15) is 113 Å². The molecule has 0 aromatic heterocycles. The fourth-order valence-corrected chi connectivity index (χ4v) is 16.4. The van der Waals surface area contributed by atoms with Crippen molar-refractivity contribution in [2.24, 2.45) is 50.7 Å². The van der Waals surface area contributed by atoms with E-state index in [1.54, 1.807) is 6.92 Å². The van der Waals surface area contributed by atoms with E-state index in [9.17, 15) is 71.2 Å². The first kappa shape index (κ1) is 58.1. The topological polar surface area (TPSA) is 354 Å². The van der Waals surface area contributed by atoms with Gasteiger partial charge >= 0.3 is 5.97 Å². The molecule has 13 N–H and O–H groups in total. The molecule has 22 heteroatoms. The molecule has 29 atom stereocenters. The van der Waals surface area contributed by atoms with Crippen LogP contribution in [0.15, 0.2) is 11.6 Å². The number of aliphatic hydroxyl groups excluding tert-OH is 12. The molecule has 9 aliphatic rings. The number of hydrogen-bond acceptors (Lipinski definition) is 22. The molecule has 9 rings (SSSR count). The zero-order valence-electron chi connectivity index (χ0n) is 44.4. The highest BCUT2D eigenvalue weighted by molar-refractivity contribution is 5.79. The van der Waals surface area contributed by atoms with Crippen molar-refractivity contribution in [3.05, 3.63) is 11.6 Å². The molecule has 4 saturated heterocycles. The minimum absolute atomic E-state index is 0.0741. The molecule has 4 aliphatic heterocycles. The van der Waals surface area contributed by atoms with Crippen molar-refractivity contribution in [2.45, 2.75) is 242 Å². The van der Waals surface area contributed by atoms with Crippen molar-refractivity contribution in [1.29, 1.82) is 0 Å². The quantitative estimate of drug-likeness (QED) is 0.0680. The number of allylic oxidation sites excluding steroid dienone is 1. The number of ether oxygens (including phenoxy) is 8. The van der Waals surface area contributed by atoms with E-state index in [-0.39, 0.29) is 35.2 Å².